The van der Waals surface area contributed by atoms with Crippen LogP contribution in [0.25, 0.3) is 0 Å². The Bertz CT molecular complexity index is 4260. The lowest BCUT2D eigenvalue weighted by Gasteiger charge is -2.38. The molecule has 628 valence electrons. The molecule has 4 saturated carbocycles. The van der Waals surface area contributed by atoms with Crippen molar-refractivity contribution in [2.24, 2.45) is 91.0 Å². The number of carbonyl (C=O) groups excluding carboxylic acids is 4. The van der Waals surface area contributed by atoms with Crippen molar-refractivity contribution in [2.75, 3.05) is 78.5 Å². The summed E-state index contributed by atoms with van der Waals surface area (Å²) in [5.74, 6) is 7.26. The Morgan fingerprint density at radius 2 is 0.568 bits per heavy atom. The summed E-state index contributed by atoms with van der Waals surface area (Å²) in [6.45, 7) is 11.9. The number of Topliss-reactive ketones (excluding diaryl/α,β-unsaturated/α-hetero) is 4. The first kappa shape index (κ1) is 83.9. The zero-order valence-electron chi connectivity index (χ0n) is 69.2. The van der Waals surface area contributed by atoms with Crippen LogP contribution in [0.5, 0.6) is 0 Å². The van der Waals surface area contributed by atoms with E-state index in [1.54, 1.807) is 18.3 Å². The Morgan fingerprint density at radius 3 is 0.856 bits per heavy atom. The minimum Gasteiger partial charge on any atom is -0.300 e. The maximum Gasteiger partial charge on any atom is 0.159 e. The van der Waals surface area contributed by atoms with Crippen LogP contribution in [0.15, 0.2) is 127 Å². The molecule has 20 rings (SSSR count). The predicted molar refractivity (Wildman–Crippen MR) is 470 cm³/mol. The third-order valence-corrected chi connectivity index (χ3v) is 31.9. The smallest absolute Gasteiger partial charge is 0.159 e. The molecule has 0 aromatic heterocycles. The van der Waals surface area contributed by atoms with Crippen molar-refractivity contribution < 1.29 is 32.3 Å². The largest absolute Gasteiger partial charge is 0.300 e. The number of carbonyl (C=O) groups is 4. The highest BCUT2D eigenvalue weighted by atomic mass is 35.5. The van der Waals surface area contributed by atoms with Gasteiger partial charge in [-0.1, -0.05) is 98.3 Å². The second kappa shape index (κ2) is 38.6. The molecule has 16 aliphatic rings. The van der Waals surface area contributed by atoms with Crippen LogP contribution < -0.4 is 0 Å². The van der Waals surface area contributed by atoms with Gasteiger partial charge in [0.15, 0.2) is 11.6 Å². The number of benzene rings is 4. The zero-order chi connectivity index (χ0) is 80.9. The van der Waals surface area contributed by atoms with Gasteiger partial charge in [-0.3, -0.25) is 58.7 Å². The van der Waals surface area contributed by atoms with Gasteiger partial charge in [-0.2, -0.15) is 0 Å². The van der Waals surface area contributed by atoms with Gasteiger partial charge in [0.25, 0.3) is 0 Å². The van der Waals surface area contributed by atoms with E-state index in [0.29, 0.717) is 168 Å². The number of hydrogen-bond acceptors (Lipinski definition) is 12. The number of fused-ring (bicyclic) bond motifs is 8. The number of nitrogens with zero attached hydrogens (tertiary/aromatic N) is 8. The van der Waals surface area contributed by atoms with Crippen molar-refractivity contribution >= 4 is 82.8 Å². The normalized spacial score (nSPS) is 31.1. The number of aliphatic imine (C=N–C) groups is 4. The quantitative estimate of drug-likeness (QED) is 0.0855. The minimum absolute atomic E-state index is 0.106. The summed E-state index contributed by atoms with van der Waals surface area (Å²) < 4.78 is 41.1. The van der Waals surface area contributed by atoms with Gasteiger partial charge in [-0.05, 0) is 313 Å². The lowest BCUT2D eigenvalue weighted by atomic mass is 9.78. The summed E-state index contributed by atoms with van der Waals surface area (Å²) in [5, 5.41) is 2.22. The first-order chi connectivity index (χ1) is 57.4. The molecule has 0 spiro atoms. The maximum absolute atomic E-state index is 13.7. The Morgan fingerprint density at radius 1 is 0.314 bits per heavy atom. The fourth-order valence-corrected chi connectivity index (χ4v) is 25.7. The molecule has 0 radical (unpaired) electrons. The SMILES string of the molecule is O=C(CC1=CC=NC1)CC1CCCCC1N1CC2Cc3cc(Cl)c(Cl)cc3CC2C1.O=C(CC1=CC=NC1)CC1CCCCC1N1CC2Cc3cc(F)c(F)cc3CC2C1.O=C(CC1=CC=NC1)CC1CCCCC1N1CC2Cc3ccc(Cl)cc3CC2C1.O=C(CC1=CC=NC1)CC1CCCCC1N1CC2Cc3ccc(F)cc3CC2C1. The number of hydrogen-bond donors (Lipinski definition) is 0. The van der Waals surface area contributed by atoms with Gasteiger partial charge >= 0.3 is 0 Å². The van der Waals surface area contributed by atoms with Crippen LogP contribution in [0.1, 0.15) is 199 Å². The molecule has 0 N–H and O–H groups in total. The molecule has 8 aliphatic carbocycles. The van der Waals surface area contributed by atoms with Crippen molar-refractivity contribution in [2.45, 2.75) is 230 Å². The van der Waals surface area contributed by atoms with Crippen LogP contribution in [0.3, 0.4) is 0 Å². The molecule has 0 amide bonds. The zero-order valence-corrected chi connectivity index (χ0v) is 71.5. The molecule has 16 unspecified atom stereocenters. The van der Waals surface area contributed by atoms with Gasteiger partial charge < -0.3 is 0 Å². The number of ketones is 4. The van der Waals surface area contributed by atoms with E-state index >= 15 is 0 Å². The first-order valence-electron chi connectivity index (χ1n) is 45.7. The van der Waals surface area contributed by atoms with Crippen molar-refractivity contribution in [3.63, 3.8) is 0 Å². The number of allylic oxidation sites excluding steroid dienone is 4. The van der Waals surface area contributed by atoms with E-state index < -0.39 is 11.6 Å². The third-order valence-electron chi connectivity index (χ3n) is 30.9. The van der Waals surface area contributed by atoms with Crippen molar-refractivity contribution in [3.05, 3.63) is 184 Å². The second-order valence-corrected chi connectivity index (χ2v) is 40.1. The van der Waals surface area contributed by atoms with Crippen molar-refractivity contribution in [1.82, 2.24) is 19.6 Å². The number of halogens is 6. The maximum atomic E-state index is 13.7. The Labute approximate surface area is 713 Å². The van der Waals surface area contributed by atoms with E-state index in [9.17, 15) is 32.3 Å². The lowest BCUT2D eigenvalue weighted by Crippen LogP contribution is -2.42. The van der Waals surface area contributed by atoms with E-state index in [-0.39, 0.29) is 5.82 Å². The Kier molecular flexibility index (Phi) is 27.5. The van der Waals surface area contributed by atoms with Crippen molar-refractivity contribution in [1.29, 1.82) is 0 Å². The van der Waals surface area contributed by atoms with E-state index in [4.69, 9.17) is 34.8 Å². The van der Waals surface area contributed by atoms with Crippen LogP contribution in [-0.2, 0) is 70.5 Å². The first-order valence-corrected chi connectivity index (χ1v) is 46.8. The number of rotatable bonds is 20. The summed E-state index contributed by atoms with van der Waals surface area (Å²) in [6.07, 6.45) is 48.6. The summed E-state index contributed by atoms with van der Waals surface area (Å²) in [6, 6.07) is 21.0. The summed E-state index contributed by atoms with van der Waals surface area (Å²) in [5.41, 5.74) is 14.9. The van der Waals surface area contributed by atoms with Gasteiger partial charge in [-0.15, -0.1) is 0 Å². The highest BCUT2D eigenvalue weighted by molar-refractivity contribution is 6.42. The average molecular weight is 1660 g/mol. The topological polar surface area (TPSA) is 131 Å². The highest BCUT2D eigenvalue weighted by Gasteiger charge is 2.47. The molecule has 4 aromatic rings. The van der Waals surface area contributed by atoms with Gasteiger partial charge in [0, 0.05) is 158 Å². The van der Waals surface area contributed by atoms with Crippen LogP contribution in [0, 0.1) is 88.5 Å². The minimum atomic E-state index is -0.726. The Hall–Kier alpha value is -6.30. The Balaban J connectivity index is 0.000000113. The molecule has 8 heterocycles. The predicted octanol–water partition coefficient (Wildman–Crippen LogP) is 19.4. The second-order valence-electron chi connectivity index (χ2n) is 38.8. The summed E-state index contributed by atoms with van der Waals surface area (Å²) >= 11 is 18.8. The van der Waals surface area contributed by atoms with Gasteiger partial charge in [0.05, 0.1) is 36.2 Å². The average Bonchev–Trinajstić information content (AvgIpc) is 1.63. The monoisotopic (exact) mass is 1660 g/mol. The molecule has 4 saturated heterocycles. The van der Waals surface area contributed by atoms with Crippen LogP contribution >= 0.6 is 34.8 Å². The van der Waals surface area contributed by atoms with Gasteiger partial charge in [0.1, 0.15) is 29.0 Å². The third kappa shape index (κ3) is 20.5. The molecular weight excluding hydrogens is 1540 g/mol. The van der Waals surface area contributed by atoms with Crippen molar-refractivity contribution in [3.8, 4) is 0 Å². The van der Waals surface area contributed by atoms with Gasteiger partial charge in [0.2, 0.25) is 0 Å². The molecule has 8 fully saturated rings. The summed E-state index contributed by atoms with van der Waals surface area (Å²) in [4.78, 5) is 78.5. The molecule has 8 aliphatic heterocycles. The number of likely N-dealkylation sites (tertiary alicyclic amines) is 4. The van der Waals surface area contributed by atoms with Gasteiger partial charge in [-0.25, -0.2) is 13.2 Å². The van der Waals surface area contributed by atoms with Crippen LogP contribution in [-0.4, -0.2) is 170 Å². The highest BCUT2D eigenvalue weighted by Crippen LogP contribution is 2.48. The molecule has 0 bridgehead atoms. The molecule has 18 heteroatoms. The molecule has 16 atom stereocenters. The van der Waals surface area contributed by atoms with E-state index in [1.807, 2.05) is 55.1 Å². The summed E-state index contributed by atoms with van der Waals surface area (Å²) in [7, 11) is 0. The fourth-order valence-electron chi connectivity index (χ4n) is 25.2. The molecule has 4 aromatic carbocycles. The lowest BCUT2D eigenvalue weighted by molar-refractivity contribution is -0.121. The molecule has 118 heavy (non-hydrogen) atoms. The van der Waals surface area contributed by atoms with Crippen LogP contribution in [0.4, 0.5) is 13.2 Å². The van der Waals surface area contributed by atoms with E-state index in [1.165, 1.54) is 198 Å². The molecule has 12 nitrogen and oxygen atoms in total. The molecular formula is C100H122Cl3F3N8O4. The fraction of sp³-hybridized carbons (Fsp3) is 0.600. The van der Waals surface area contributed by atoms with Crippen LogP contribution in [0.2, 0.25) is 15.1 Å². The van der Waals surface area contributed by atoms with E-state index in [2.05, 4.69) is 63.8 Å². The van der Waals surface area contributed by atoms with E-state index in [0.717, 1.165) is 130 Å². The standard InChI is InChI=1S/C25H30Cl2N2O.C25H31ClN2O.C25H30F2N2O.C25H31FN2O/c26-23-11-18-8-20-14-29(15-21(20)9-19(18)12-24(23)27)25-4-2-1-3-17(25)10-22(30)7-16-5-6-28-13-16;26-23-6-5-18-10-21-15-28(16-22(21)11-20(18)12-23)25-4-2-1-3-19(25)13-24(29)9-17-7-8-27-14-17;26-23-11-18-8-20-14-29(15-21(20)9-19(18)12-24(23)27)25-4-2-1-3-17(25)10-22(30)7-16-5-6-28-13-16;26-23-6-5-18-10-21-15-28(16-22(21)11-20(18)12-23)25-4-2-1-3-19(25)13-24(29)9-17-7-8-27-14-17/h5-6,11-12,17,20-21,25H,1-4,7-10,13-15H2;5-8,12,19,21-22,25H,1-4,9-11,13-16H2;5-6,11-12,17,20-21,25H,1-4,7-10,13-15H2;5-8,12,19,21-22,25H,1-4,9-11,13-16H2.